The summed E-state index contributed by atoms with van der Waals surface area (Å²) in [5.41, 5.74) is 1.10. The molecule has 20 heavy (non-hydrogen) atoms. The lowest BCUT2D eigenvalue weighted by Gasteiger charge is -2.35. The molecule has 1 aromatic heterocycles. The van der Waals surface area contributed by atoms with E-state index in [4.69, 9.17) is 0 Å². The summed E-state index contributed by atoms with van der Waals surface area (Å²) in [6.07, 6.45) is 5.63. The van der Waals surface area contributed by atoms with Gasteiger partial charge in [0.1, 0.15) is 0 Å². The molecular formula is C15H23N3OS. The van der Waals surface area contributed by atoms with Crippen LogP contribution in [0, 0.1) is 6.92 Å². The molecule has 2 fully saturated rings. The SMILES string of the molecule is Cc1csc(C2CCCN(C(=O)[C@H]3CCCCN3)C2)n1. The molecule has 2 atom stereocenters. The Labute approximate surface area is 124 Å². The predicted molar refractivity (Wildman–Crippen MR) is 81.0 cm³/mol. The van der Waals surface area contributed by atoms with Gasteiger partial charge in [-0.15, -0.1) is 11.3 Å². The molecule has 0 aromatic carbocycles. The largest absolute Gasteiger partial charge is 0.341 e. The minimum atomic E-state index is 0.0560. The third kappa shape index (κ3) is 3.04. The molecule has 2 saturated heterocycles. The lowest BCUT2D eigenvalue weighted by molar-refractivity contribution is -0.135. The summed E-state index contributed by atoms with van der Waals surface area (Å²) in [6.45, 7) is 4.79. The molecular weight excluding hydrogens is 270 g/mol. The van der Waals surface area contributed by atoms with Gasteiger partial charge in [0, 0.05) is 30.1 Å². The van der Waals surface area contributed by atoms with Crippen LogP contribution in [0.25, 0.3) is 0 Å². The van der Waals surface area contributed by atoms with Gasteiger partial charge in [0.2, 0.25) is 5.91 Å². The second-order valence-electron chi connectivity index (χ2n) is 5.95. The molecule has 2 aliphatic rings. The molecule has 0 radical (unpaired) electrons. The van der Waals surface area contributed by atoms with E-state index in [9.17, 15) is 4.79 Å². The molecule has 0 spiro atoms. The van der Waals surface area contributed by atoms with Crippen LogP contribution in [-0.4, -0.2) is 41.5 Å². The highest BCUT2D eigenvalue weighted by Gasteiger charge is 2.30. The lowest BCUT2D eigenvalue weighted by atomic mass is 9.96. The number of rotatable bonds is 2. The number of thiazole rings is 1. The zero-order valence-electron chi connectivity index (χ0n) is 12.1. The molecule has 3 rings (SSSR count). The first-order valence-electron chi connectivity index (χ1n) is 7.68. The standard InChI is InChI=1S/C15H23N3OS/c1-11-10-20-14(17-11)12-5-4-8-18(9-12)15(19)13-6-2-3-7-16-13/h10,12-13,16H,2-9H2,1H3/t12?,13-/m1/s1. The van der Waals surface area contributed by atoms with Crippen molar-refractivity contribution in [1.29, 1.82) is 0 Å². The summed E-state index contributed by atoms with van der Waals surface area (Å²) in [6, 6.07) is 0.0560. The van der Waals surface area contributed by atoms with Crippen LogP contribution in [0.1, 0.15) is 48.7 Å². The Morgan fingerprint density at radius 1 is 1.40 bits per heavy atom. The van der Waals surface area contributed by atoms with Crippen LogP contribution in [0.3, 0.4) is 0 Å². The Morgan fingerprint density at radius 2 is 2.30 bits per heavy atom. The zero-order chi connectivity index (χ0) is 13.9. The Bertz CT molecular complexity index is 467. The van der Waals surface area contributed by atoms with E-state index < -0.39 is 0 Å². The smallest absolute Gasteiger partial charge is 0.239 e. The van der Waals surface area contributed by atoms with Gasteiger partial charge in [-0.3, -0.25) is 4.79 Å². The highest BCUT2D eigenvalue weighted by molar-refractivity contribution is 7.09. The lowest BCUT2D eigenvalue weighted by Crippen LogP contribution is -2.51. The van der Waals surface area contributed by atoms with E-state index in [1.807, 2.05) is 6.92 Å². The van der Waals surface area contributed by atoms with Crippen LogP contribution in [0.5, 0.6) is 0 Å². The van der Waals surface area contributed by atoms with E-state index in [1.54, 1.807) is 11.3 Å². The number of nitrogens with zero attached hydrogens (tertiary/aromatic N) is 2. The second kappa shape index (κ2) is 6.22. The Balaban J connectivity index is 1.63. The van der Waals surface area contributed by atoms with E-state index in [2.05, 4.69) is 20.6 Å². The fourth-order valence-corrected chi connectivity index (χ4v) is 4.15. The fourth-order valence-electron chi connectivity index (χ4n) is 3.22. The molecule has 1 aromatic rings. The van der Waals surface area contributed by atoms with Crippen LogP contribution in [0.15, 0.2) is 5.38 Å². The third-order valence-corrected chi connectivity index (χ3v) is 5.45. The number of aryl methyl sites for hydroxylation is 1. The summed E-state index contributed by atoms with van der Waals surface area (Å²) >= 11 is 1.74. The molecule has 1 amide bonds. The van der Waals surface area contributed by atoms with Crippen molar-refractivity contribution in [2.45, 2.75) is 51.0 Å². The first-order chi connectivity index (χ1) is 9.74. The predicted octanol–water partition coefficient (Wildman–Crippen LogP) is 2.30. The quantitative estimate of drug-likeness (QED) is 0.910. The number of hydrogen-bond donors (Lipinski definition) is 1. The second-order valence-corrected chi connectivity index (χ2v) is 6.84. The van der Waals surface area contributed by atoms with Gasteiger partial charge >= 0.3 is 0 Å². The molecule has 4 nitrogen and oxygen atoms in total. The summed E-state index contributed by atoms with van der Waals surface area (Å²) in [5, 5.41) is 6.69. The molecule has 5 heteroatoms. The number of aromatic nitrogens is 1. The number of carbonyl (C=O) groups excluding carboxylic acids is 1. The minimum Gasteiger partial charge on any atom is -0.341 e. The number of carbonyl (C=O) groups is 1. The van der Waals surface area contributed by atoms with Gasteiger partial charge in [0.05, 0.1) is 11.0 Å². The van der Waals surface area contributed by atoms with Gasteiger partial charge in [0.15, 0.2) is 0 Å². The van der Waals surface area contributed by atoms with Gasteiger partial charge < -0.3 is 10.2 Å². The van der Waals surface area contributed by atoms with Gasteiger partial charge in [-0.25, -0.2) is 4.98 Å². The van der Waals surface area contributed by atoms with Crippen molar-refractivity contribution in [1.82, 2.24) is 15.2 Å². The molecule has 3 heterocycles. The Morgan fingerprint density at radius 3 is 3.00 bits per heavy atom. The van der Waals surface area contributed by atoms with Gasteiger partial charge in [0.25, 0.3) is 0 Å². The molecule has 0 aliphatic carbocycles. The highest BCUT2D eigenvalue weighted by Crippen LogP contribution is 2.29. The van der Waals surface area contributed by atoms with Gasteiger partial charge in [-0.1, -0.05) is 6.42 Å². The maximum Gasteiger partial charge on any atom is 0.239 e. The molecule has 0 bridgehead atoms. The third-order valence-electron chi connectivity index (χ3n) is 4.33. The van der Waals surface area contributed by atoms with Crippen molar-refractivity contribution in [2.75, 3.05) is 19.6 Å². The first kappa shape index (κ1) is 14.0. The average Bonchev–Trinajstić information content (AvgIpc) is 2.94. The van der Waals surface area contributed by atoms with Crippen molar-refractivity contribution in [3.63, 3.8) is 0 Å². The molecule has 2 aliphatic heterocycles. The molecule has 110 valence electrons. The number of amides is 1. The molecule has 0 saturated carbocycles. The fraction of sp³-hybridized carbons (Fsp3) is 0.733. The summed E-state index contributed by atoms with van der Waals surface area (Å²) < 4.78 is 0. The Hall–Kier alpha value is -0.940. The number of likely N-dealkylation sites (tertiary alicyclic amines) is 1. The van der Waals surface area contributed by atoms with E-state index in [0.717, 1.165) is 44.6 Å². The van der Waals surface area contributed by atoms with Crippen LogP contribution in [-0.2, 0) is 4.79 Å². The van der Waals surface area contributed by atoms with Crippen molar-refractivity contribution in [3.05, 3.63) is 16.1 Å². The van der Waals surface area contributed by atoms with Crippen molar-refractivity contribution in [2.24, 2.45) is 0 Å². The highest BCUT2D eigenvalue weighted by atomic mass is 32.1. The van der Waals surface area contributed by atoms with Gasteiger partial charge in [-0.05, 0) is 39.2 Å². The van der Waals surface area contributed by atoms with E-state index >= 15 is 0 Å². The van der Waals surface area contributed by atoms with Crippen LogP contribution in [0.4, 0.5) is 0 Å². The normalized spacial score (nSPS) is 27.6. The topological polar surface area (TPSA) is 45.2 Å². The number of hydrogen-bond acceptors (Lipinski definition) is 4. The first-order valence-corrected chi connectivity index (χ1v) is 8.56. The monoisotopic (exact) mass is 293 g/mol. The van der Waals surface area contributed by atoms with Crippen molar-refractivity contribution in [3.8, 4) is 0 Å². The summed E-state index contributed by atoms with van der Waals surface area (Å²) in [4.78, 5) is 19.3. The van der Waals surface area contributed by atoms with Crippen molar-refractivity contribution >= 4 is 17.2 Å². The van der Waals surface area contributed by atoms with Gasteiger partial charge in [-0.2, -0.15) is 0 Å². The average molecular weight is 293 g/mol. The van der Waals surface area contributed by atoms with E-state index in [0.29, 0.717) is 11.8 Å². The summed E-state index contributed by atoms with van der Waals surface area (Å²) in [5.74, 6) is 0.748. The van der Waals surface area contributed by atoms with Crippen LogP contribution < -0.4 is 5.32 Å². The maximum absolute atomic E-state index is 12.6. The van der Waals surface area contributed by atoms with Crippen molar-refractivity contribution < 1.29 is 4.79 Å². The molecule has 1 N–H and O–H groups in total. The summed E-state index contributed by atoms with van der Waals surface area (Å²) in [7, 11) is 0. The molecule has 1 unspecified atom stereocenters. The van der Waals surface area contributed by atoms with Crippen LogP contribution >= 0.6 is 11.3 Å². The minimum absolute atomic E-state index is 0.0560. The van der Waals surface area contributed by atoms with E-state index in [1.165, 1.54) is 17.8 Å². The zero-order valence-corrected chi connectivity index (χ0v) is 12.9. The van der Waals surface area contributed by atoms with Crippen LogP contribution in [0.2, 0.25) is 0 Å². The van der Waals surface area contributed by atoms with E-state index in [-0.39, 0.29) is 6.04 Å². The maximum atomic E-state index is 12.6. The Kier molecular flexibility index (Phi) is 4.36. The number of piperidine rings is 2. The number of nitrogens with one attached hydrogen (secondary N) is 1.